The molecule has 4 nitrogen and oxygen atoms in total. The molecule has 94 valence electrons. The average molecular weight is 355 g/mol. The predicted molar refractivity (Wildman–Crippen MR) is 77.5 cm³/mol. The average Bonchev–Trinajstić information content (AvgIpc) is 2.77. The highest BCUT2D eigenvalue weighted by atomic mass is 127. The molecule has 0 aliphatic carbocycles. The van der Waals surface area contributed by atoms with Crippen LogP contribution in [0.2, 0.25) is 0 Å². The predicted octanol–water partition coefficient (Wildman–Crippen LogP) is 2.72. The minimum Gasteiger partial charge on any atom is -0.294 e. The molecule has 1 heterocycles. The highest BCUT2D eigenvalue weighted by Crippen LogP contribution is 2.10. The van der Waals surface area contributed by atoms with Crippen LogP contribution in [0.4, 0.5) is 0 Å². The van der Waals surface area contributed by atoms with Crippen LogP contribution in [-0.2, 0) is 13.0 Å². The number of hydrogen-bond donors (Lipinski definition) is 0. The van der Waals surface area contributed by atoms with Crippen LogP contribution in [-0.4, -0.2) is 20.5 Å². The van der Waals surface area contributed by atoms with E-state index in [1.165, 1.54) is 6.33 Å². The van der Waals surface area contributed by atoms with Gasteiger partial charge in [-0.3, -0.25) is 4.79 Å². The first-order valence-electron chi connectivity index (χ1n) is 5.86. The Morgan fingerprint density at radius 1 is 1.44 bits per heavy atom. The lowest BCUT2D eigenvalue weighted by atomic mass is 10.1. The van der Waals surface area contributed by atoms with Gasteiger partial charge < -0.3 is 0 Å². The number of aryl methyl sites for hydroxylation is 1. The minimum atomic E-state index is 0.0823. The number of Topliss-reactive ketones (excluding diaryl/α,β-unsaturated/α-hetero) is 1. The normalized spacial score (nSPS) is 10.6. The molecule has 2 aromatic rings. The third-order valence-electron chi connectivity index (χ3n) is 2.60. The van der Waals surface area contributed by atoms with E-state index in [0.717, 1.165) is 27.9 Å². The lowest BCUT2D eigenvalue weighted by molar-refractivity contribution is 0.0989. The number of carbonyl (C=O) groups is 1. The fourth-order valence-corrected chi connectivity index (χ4v) is 2.27. The number of halogens is 1. The Morgan fingerprint density at radius 3 is 3.00 bits per heavy atom. The fraction of sp³-hybridized carbons (Fsp3) is 0.308. The molecule has 0 spiro atoms. The zero-order chi connectivity index (χ0) is 13.0. The van der Waals surface area contributed by atoms with Crippen molar-refractivity contribution in [1.29, 1.82) is 0 Å². The molecule has 0 saturated carbocycles. The molecule has 0 atom stereocenters. The number of carbonyl (C=O) groups excluding carboxylic acids is 1. The van der Waals surface area contributed by atoms with Gasteiger partial charge in [0, 0.05) is 15.7 Å². The van der Waals surface area contributed by atoms with Gasteiger partial charge in [-0.1, -0.05) is 19.1 Å². The van der Waals surface area contributed by atoms with Crippen molar-refractivity contribution in [2.24, 2.45) is 0 Å². The van der Waals surface area contributed by atoms with E-state index in [2.05, 4.69) is 39.6 Å². The smallest absolute Gasteiger partial charge is 0.170 e. The van der Waals surface area contributed by atoms with E-state index >= 15 is 0 Å². The Balaban J connectivity index is 2.14. The standard InChI is InChI=1S/C13H14IN3O/c1-2-6-17-13(15-9-16-17)8-12(18)10-4-3-5-11(14)7-10/h3-5,7,9H,2,6,8H2,1H3. The highest BCUT2D eigenvalue weighted by Gasteiger charge is 2.12. The molecule has 2 rings (SSSR count). The van der Waals surface area contributed by atoms with Crippen LogP contribution in [0, 0.1) is 3.57 Å². The lowest BCUT2D eigenvalue weighted by Gasteiger charge is -2.04. The summed E-state index contributed by atoms with van der Waals surface area (Å²) >= 11 is 2.20. The van der Waals surface area contributed by atoms with Gasteiger partial charge in [0.25, 0.3) is 0 Å². The van der Waals surface area contributed by atoms with Gasteiger partial charge in [0.1, 0.15) is 12.2 Å². The van der Waals surface area contributed by atoms with Crippen molar-refractivity contribution >= 4 is 28.4 Å². The van der Waals surface area contributed by atoms with Gasteiger partial charge in [0.2, 0.25) is 0 Å². The number of hydrogen-bond acceptors (Lipinski definition) is 3. The van der Waals surface area contributed by atoms with Crippen molar-refractivity contribution in [3.63, 3.8) is 0 Å². The van der Waals surface area contributed by atoms with E-state index in [9.17, 15) is 4.79 Å². The second-order valence-electron chi connectivity index (χ2n) is 4.01. The summed E-state index contributed by atoms with van der Waals surface area (Å²) in [6, 6.07) is 7.59. The molecular formula is C13H14IN3O. The number of nitrogens with zero attached hydrogens (tertiary/aromatic N) is 3. The first-order valence-corrected chi connectivity index (χ1v) is 6.94. The van der Waals surface area contributed by atoms with E-state index in [1.54, 1.807) is 4.68 Å². The summed E-state index contributed by atoms with van der Waals surface area (Å²) in [6.07, 6.45) is 2.79. The molecule has 0 N–H and O–H groups in total. The zero-order valence-electron chi connectivity index (χ0n) is 10.1. The second kappa shape index (κ2) is 6.08. The maximum atomic E-state index is 12.1. The van der Waals surface area contributed by atoms with E-state index in [0.29, 0.717) is 6.42 Å². The maximum Gasteiger partial charge on any atom is 0.170 e. The van der Waals surface area contributed by atoms with Crippen LogP contribution in [0.1, 0.15) is 29.5 Å². The fourth-order valence-electron chi connectivity index (χ4n) is 1.73. The second-order valence-corrected chi connectivity index (χ2v) is 5.26. The van der Waals surface area contributed by atoms with Crippen molar-refractivity contribution in [2.75, 3.05) is 0 Å². The van der Waals surface area contributed by atoms with Crippen molar-refractivity contribution in [3.8, 4) is 0 Å². The van der Waals surface area contributed by atoms with Gasteiger partial charge >= 0.3 is 0 Å². The third kappa shape index (κ3) is 3.16. The van der Waals surface area contributed by atoms with Crippen molar-refractivity contribution in [2.45, 2.75) is 26.3 Å². The molecule has 0 unspecified atom stereocenters. The molecule has 0 fully saturated rings. The van der Waals surface area contributed by atoms with Gasteiger partial charge in [0.05, 0.1) is 6.42 Å². The molecule has 0 bridgehead atoms. The Kier molecular flexibility index (Phi) is 4.46. The molecule has 0 saturated heterocycles. The monoisotopic (exact) mass is 355 g/mol. The van der Waals surface area contributed by atoms with Crippen LogP contribution in [0.5, 0.6) is 0 Å². The van der Waals surface area contributed by atoms with Crippen LogP contribution >= 0.6 is 22.6 Å². The molecule has 0 amide bonds. The van der Waals surface area contributed by atoms with Gasteiger partial charge in [-0.05, 0) is 41.1 Å². The number of ketones is 1. The van der Waals surface area contributed by atoms with E-state index in [-0.39, 0.29) is 5.78 Å². The van der Waals surface area contributed by atoms with Gasteiger partial charge in [-0.25, -0.2) is 9.67 Å². The number of rotatable bonds is 5. The van der Waals surface area contributed by atoms with Crippen LogP contribution < -0.4 is 0 Å². The SMILES string of the molecule is CCCn1ncnc1CC(=O)c1cccc(I)c1. The van der Waals surface area contributed by atoms with Gasteiger partial charge in [-0.2, -0.15) is 5.10 Å². The molecule has 18 heavy (non-hydrogen) atoms. The number of aromatic nitrogens is 3. The largest absolute Gasteiger partial charge is 0.294 e. The maximum absolute atomic E-state index is 12.1. The lowest BCUT2D eigenvalue weighted by Crippen LogP contribution is -2.11. The minimum absolute atomic E-state index is 0.0823. The highest BCUT2D eigenvalue weighted by molar-refractivity contribution is 14.1. The van der Waals surface area contributed by atoms with E-state index in [4.69, 9.17) is 0 Å². The van der Waals surface area contributed by atoms with Crippen LogP contribution in [0.3, 0.4) is 0 Å². The summed E-state index contributed by atoms with van der Waals surface area (Å²) in [4.78, 5) is 16.3. The van der Waals surface area contributed by atoms with Gasteiger partial charge in [-0.15, -0.1) is 0 Å². The Bertz CT molecular complexity index is 551. The first kappa shape index (κ1) is 13.2. The molecule has 5 heteroatoms. The molecule has 0 aliphatic rings. The van der Waals surface area contributed by atoms with Crippen molar-refractivity contribution in [1.82, 2.24) is 14.8 Å². The van der Waals surface area contributed by atoms with E-state index < -0.39 is 0 Å². The summed E-state index contributed by atoms with van der Waals surface area (Å²) < 4.78 is 2.86. The molecular weight excluding hydrogens is 341 g/mol. The first-order chi connectivity index (χ1) is 8.70. The molecule has 0 radical (unpaired) electrons. The third-order valence-corrected chi connectivity index (χ3v) is 3.27. The van der Waals surface area contributed by atoms with E-state index in [1.807, 2.05) is 24.3 Å². The van der Waals surface area contributed by atoms with Crippen molar-refractivity contribution in [3.05, 3.63) is 45.6 Å². The quantitative estimate of drug-likeness (QED) is 0.612. The molecule has 1 aromatic heterocycles. The van der Waals surface area contributed by atoms with Crippen LogP contribution in [0.25, 0.3) is 0 Å². The molecule has 0 aliphatic heterocycles. The van der Waals surface area contributed by atoms with Gasteiger partial charge in [0.15, 0.2) is 5.78 Å². The topological polar surface area (TPSA) is 47.8 Å². The molecule has 1 aromatic carbocycles. The Labute approximate surface area is 120 Å². The summed E-state index contributed by atoms with van der Waals surface area (Å²) in [5.74, 6) is 0.819. The summed E-state index contributed by atoms with van der Waals surface area (Å²) in [6.45, 7) is 2.88. The van der Waals surface area contributed by atoms with Crippen LogP contribution in [0.15, 0.2) is 30.6 Å². The zero-order valence-corrected chi connectivity index (χ0v) is 12.3. The number of benzene rings is 1. The summed E-state index contributed by atoms with van der Waals surface area (Å²) in [5, 5.41) is 4.12. The summed E-state index contributed by atoms with van der Waals surface area (Å²) in [7, 11) is 0. The Hall–Kier alpha value is -1.24. The summed E-state index contributed by atoms with van der Waals surface area (Å²) in [5.41, 5.74) is 0.730. The van der Waals surface area contributed by atoms with Crippen molar-refractivity contribution < 1.29 is 4.79 Å². The Morgan fingerprint density at radius 2 is 2.28 bits per heavy atom.